The summed E-state index contributed by atoms with van der Waals surface area (Å²) in [7, 11) is 0. The fourth-order valence-corrected chi connectivity index (χ4v) is 7.59. The summed E-state index contributed by atoms with van der Waals surface area (Å²) in [5, 5.41) is 0. The first kappa shape index (κ1) is 19.4. The predicted octanol–water partition coefficient (Wildman–Crippen LogP) is 5.19. The van der Waals surface area contributed by atoms with Crippen molar-refractivity contribution in [2.24, 2.45) is 11.8 Å². The summed E-state index contributed by atoms with van der Waals surface area (Å²) in [6.07, 6.45) is 19.3. The van der Waals surface area contributed by atoms with Gasteiger partial charge in [0, 0.05) is 18.5 Å². The van der Waals surface area contributed by atoms with E-state index in [1.165, 1.54) is 70.6 Å². The summed E-state index contributed by atoms with van der Waals surface area (Å²) in [5.74, 6) is 1.72. The number of rotatable bonds is 3. The van der Waals surface area contributed by atoms with Gasteiger partial charge >= 0.3 is 5.97 Å². The monoisotopic (exact) mass is 389 g/mol. The SMILES string of the molecule is O=C(OC1CCCCO1)C1(N2C3CCCCC3C3CCCCC32)CCCCC1. The van der Waals surface area contributed by atoms with Crippen LogP contribution in [0.15, 0.2) is 0 Å². The molecule has 0 N–H and O–H groups in total. The summed E-state index contributed by atoms with van der Waals surface area (Å²) in [4.78, 5) is 16.6. The van der Waals surface area contributed by atoms with Crippen LogP contribution in [0.3, 0.4) is 0 Å². The maximum Gasteiger partial charge on any atom is 0.328 e. The molecule has 158 valence electrons. The molecular weight excluding hydrogens is 350 g/mol. The molecule has 0 aromatic carbocycles. The highest BCUT2D eigenvalue weighted by atomic mass is 16.7. The Labute approximate surface area is 170 Å². The van der Waals surface area contributed by atoms with Crippen LogP contribution in [0.5, 0.6) is 0 Å². The van der Waals surface area contributed by atoms with E-state index in [9.17, 15) is 4.79 Å². The van der Waals surface area contributed by atoms with Crippen LogP contribution in [0, 0.1) is 11.8 Å². The van der Waals surface area contributed by atoms with Crippen LogP contribution < -0.4 is 0 Å². The Hall–Kier alpha value is -0.610. The summed E-state index contributed by atoms with van der Waals surface area (Å²) in [5.41, 5.74) is -0.365. The molecule has 5 aliphatic rings. The smallest absolute Gasteiger partial charge is 0.328 e. The minimum Gasteiger partial charge on any atom is -0.434 e. The molecule has 5 unspecified atom stereocenters. The first-order chi connectivity index (χ1) is 13.8. The van der Waals surface area contributed by atoms with Gasteiger partial charge in [-0.3, -0.25) is 4.90 Å². The Morgan fingerprint density at radius 2 is 1.36 bits per heavy atom. The Morgan fingerprint density at radius 3 is 1.96 bits per heavy atom. The molecule has 0 aromatic rings. The number of hydrogen-bond acceptors (Lipinski definition) is 4. The molecule has 5 rings (SSSR count). The molecule has 2 saturated heterocycles. The van der Waals surface area contributed by atoms with E-state index in [0.717, 1.165) is 50.5 Å². The van der Waals surface area contributed by atoms with Gasteiger partial charge in [-0.15, -0.1) is 0 Å². The van der Waals surface area contributed by atoms with Gasteiger partial charge in [0.2, 0.25) is 6.29 Å². The Morgan fingerprint density at radius 1 is 0.750 bits per heavy atom. The molecule has 3 saturated carbocycles. The van der Waals surface area contributed by atoms with Crippen molar-refractivity contribution in [3.05, 3.63) is 0 Å². The lowest BCUT2D eigenvalue weighted by Crippen LogP contribution is -2.62. The molecular formula is C24H39NO3. The van der Waals surface area contributed by atoms with Crippen molar-refractivity contribution in [1.82, 2.24) is 4.90 Å². The summed E-state index contributed by atoms with van der Waals surface area (Å²) >= 11 is 0. The first-order valence-corrected chi connectivity index (χ1v) is 12.4. The number of ether oxygens (including phenoxy) is 2. The van der Waals surface area contributed by atoms with Crippen molar-refractivity contribution in [2.45, 2.75) is 127 Å². The van der Waals surface area contributed by atoms with Crippen molar-refractivity contribution >= 4 is 5.97 Å². The van der Waals surface area contributed by atoms with E-state index >= 15 is 0 Å². The average molecular weight is 390 g/mol. The lowest BCUT2D eigenvalue weighted by molar-refractivity contribution is -0.204. The van der Waals surface area contributed by atoms with Crippen LogP contribution in [0.2, 0.25) is 0 Å². The highest BCUT2D eigenvalue weighted by molar-refractivity contribution is 5.81. The van der Waals surface area contributed by atoms with Gasteiger partial charge in [-0.2, -0.15) is 0 Å². The summed E-state index contributed by atoms with van der Waals surface area (Å²) in [6.45, 7) is 0.740. The quantitative estimate of drug-likeness (QED) is 0.623. The van der Waals surface area contributed by atoms with E-state index in [0.29, 0.717) is 12.1 Å². The zero-order valence-corrected chi connectivity index (χ0v) is 17.6. The third-order valence-electron chi connectivity index (χ3n) is 8.76. The summed E-state index contributed by atoms with van der Waals surface area (Å²) in [6, 6.07) is 1.25. The fraction of sp³-hybridized carbons (Fsp3) is 0.958. The molecule has 4 nitrogen and oxygen atoms in total. The molecule has 2 heterocycles. The second-order valence-electron chi connectivity index (χ2n) is 10.2. The molecule has 0 spiro atoms. The number of carbonyl (C=O) groups is 1. The molecule has 0 amide bonds. The van der Waals surface area contributed by atoms with E-state index in [1.807, 2.05) is 0 Å². The van der Waals surface area contributed by atoms with Crippen LogP contribution in [0.4, 0.5) is 0 Å². The predicted molar refractivity (Wildman–Crippen MR) is 109 cm³/mol. The number of likely N-dealkylation sites (tertiary alicyclic amines) is 1. The highest BCUT2D eigenvalue weighted by Gasteiger charge is 2.59. The molecule has 0 radical (unpaired) electrons. The number of carbonyl (C=O) groups excluding carboxylic acids is 1. The van der Waals surface area contributed by atoms with Gasteiger partial charge in [0.1, 0.15) is 5.54 Å². The van der Waals surface area contributed by atoms with Crippen LogP contribution >= 0.6 is 0 Å². The van der Waals surface area contributed by atoms with Crippen LogP contribution in [-0.2, 0) is 14.3 Å². The van der Waals surface area contributed by atoms with Gasteiger partial charge in [0.05, 0.1) is 6.61 Å². The van der Waals surface area contributed by atoms with Crippen LogP contribution in [0.1, 0.15) is 103 Å². The minimum absolute atomic E-state index is 0.0645. The Kier molecular flexibility index (Phi) is 5.71. The number of fused-ring (bicyclic) bond motifs is 3. The van der Waals surface area contributed by atoms with Crippen molar-refractivity contribution < 1.29 is 14.3 Å². The van der Waals surface area contributed by atoms with Crippen molar-refractivity contribution in [3.63, 3.8) is 0 Å². The van der Waals surface area contributed by atoms with Gasteiger partial charge in [0.25, 0.3) is 0 Å². The fourth-order valence-electron chi connectivity index (χ4n) is 7.59. The molecule has 5 fully saturated rings. The topological polar surface area (TPSA) is 38.8 Å². The minimum atomic E-state index is -0.365. The lowest BCUT2D eigenvalue weighted by Gasteiger charge is -2.50. The largest absolute Gasteiger partial charge is 0.434 e. The second-order valence-corrected chi connectivity index (χ2v) is 10.2. The van der Waals surface area contributed by atoms with Gasteiger partial charge < -0.3 is 9.47 Å². The molecule has 2 aliphatic heterocycles. The molecule has 0 aromatic heterocycles. The van der Waals surface area contributed by atoms with Gasteiger partial charge in [-0.1, -0.05) is 44.9 Å². The van der Waals surface area contributed by atoms with E-state index in [2.05, 4.69) is 4.90 Å². The number of esters is 1. The van der Waals surface area contributed by atoms with Gasteiger partial charge in [-0.05, 0) is 63.2 Å². The van der Waals surface area contributed by atoms with Crippen molar-refractivity contribution in [3.8, 4) is 0 Å². The van der Waals surface area contributed by atoms with Crippen molar-refractivity contribution in [2.75, 3.05) is 6.61 Å². The maximum atomic E-state index is 13.8. The molecule has 5 atom stereocenters. The standard InChI is InChI=1S/C24H39NO3/c26-23(28-22-14-6-9-17-27-22)24(15-7-1-8-16-24)25-20-12-4-2-10-18(20)19-11-3-5-13-21(19)25/h18-22H,1-17H2. The molecule has 4 heteroatoms. The molecule has 0 bridgehead atoms. The van der Waals surface area contributed by atoms with Gasteiger partial charge in [-0.25, -0.2) is 4.79 Å². The van der Waals surface area contributed by atoms with E-state index in [1.54, 1.807) is 0 Å². The van der Waals surface area contributed by atoms with E-state index < -0.39 is 0 Å². The first-order valence-electron chi connectivity index (χ1n) is 12.4. The van der Waals surface area contributed by atoms with Gasteiger partial charge in [0.15, 0.2) is 0 Å². The normalized spacial score (nSPS) is 41.1. The van der Waals surface area contributed by atoms with Crippen molar-refractivity contribution in [1.29, 1.82) is 0 Å². The highest BCUT2D eigenvalue weighted by Crippen LogP contribution is 2.54. The third kappa shape index (κ3) is 3.33. The Balaban J connectivity index is 1.45. The van der Waals surface area contributed by atoms with Crippen LogP contribution in [-0.4, -0.2) is 41.4 Å². The maximum absolute atomic E-state index is 13.8. The van der Waals surface area contributed by atoms with Crippen LogP contribution in [0.25, 0.3) is 0 Å². The Bertz CT molecular complexity index is 530. The molecule has 3 aliphatic carbocycles. The second kappa shape index (κ2) is 8.26. The third-order valence-corrected chi connectivity index (χ3v) is 8.76. The number of hydrogen-bond donors (Lipinski definition) is 0. The lowest BCUT2D eigenvalue weighted by atomic mass is 9.73. The van der Waals surface area contributed by atoms with E-state index in [-0.39, 0.29) is 17.8 Å². The average Bonchev–Trinajstić information content (AvgIpc) is 3.10. The molecule has 28 heavy (non-hydrogen) atoms. The zero-order chi connectivity index (χ0) is 19.0. The zero-order valence-electron chi connectivity index (χ0n) is 17.6. The summed E-state index contributed by atoms with van der Waals surface area (Å²) < 4.78 is 11.9. The number of nitrogens with zero attached hydrogens (tertiary/aromatic N) is 1. The van der Waals surface area contributed by atoms with E-state index in [4.69, 9.17) is 9.47 Å².